The molecule has 0 saturated carbocycles. The lowest BCUT2D eigenvalue weighted by Gasteiger charge is -2.29. The molecule has 0 atom stereocenters. The molecule has 1 aromatic heterocycles. The van der Waals surface area contributed by atoms with Crippen LogP contribution in [0.2, 0.25) is 0 Å². The average Bonchev–Trinajstić information content (AvgIpc) is 3.01. The van der Waals surface area contributed by atoms with Gasteiger partial charge in [0.2, 0.25) is 0 Å². The van der Waals surface area contributed by atoms with Gasteiger partial charge in [0.05, 0.1) is 12.8 Å². The summed E-state index contributed by atoms with van der Waals surface area (Å²) in [6.45, 7) is 9.34. The van der Waals surface area contributed by atoms with Gasteiger partial charge in [-0.15, -0.1) is 0 Å². The summed E-state index contributed by atoms with van der Waals surface area (Å²) in [5, 5.41) is 0. The van der Waals surface area contributed by atoms with E-state index in [0.717, 1.165) is 31.8 Å². The second-order valence-corrected chi connectivity index (χ2v) is 4.95. The van der Waals surface area contributed by atoms with Crippen LogP contribution in [0.1, 0.15) is 43.2 Å². The zero-order chi connectivity index (χ0) is 14.4. The SMILES string of the molecule is CC.CCc1cccc2c1CCN(Cc1ccco1)C2. The monoisotopic (exact) mass is 271 g/mol. The molecule has 0 spiro atoms. The molecular weight excluding hydrogens is 246 g/mol. The van der Waals surface area contributed by atoms with Crippen molar-refractivity contribution in [1.82, 2.24) is 4.90 Å². The predicted molar refractivity (Wildman–Crippen MR) is 83.7 cm³/mol. The summed E-state index contributed by atoms with van der Waals surface area (Å²) < 4.78 is 5.43. The summed E-state index contributed by atoms with van der Waals surface area (Å²) in [4.78, 5) is 2.46. The molecule has 0 radical (unpaired) electrons. The van der Waals surface area contributed by atoms with Crippen LogP contribution in [0.3, 0.4) is 0 Å². The van der Waals surface area contributed by atoms with Crippen molar-refractivity contribution in [2.24, 2.45) is 0 Å². The molecule has 1 aliphatic rings. The van der Waals surface area contributed by atoms with Crippen molar-refractivity contribution in [3.63, 3.8) is 0 Å². The maximum Gasteiger partial charge on any atom is 0.117 e. The molecule has 0 amide bonds. The van der Waals surface area contributed by atoms with Crippen LogP contribution in [0.15, 0.2) is 41.0 Å². The van der Waals surface area contributed by atoms with Crippen molar-refractivity contribution < 1.29 is 4.42 Å². The van der Waals surface area contributed by atoms with E-state index in [1.807, 2.05) is 19.9 Å². The number of benzene rings is 1. The topological polar surface area (TPSA) is 16.4 Å². The van der Waals surface area contributed by atoms with Crippen LogP contribution in [-0.4, -0.2) is 11.4 Å². The van der Waals surface area contributed by atoms with E-state index in [1.165, 1.54) is 17.5 Å². The fourth-order valence-electron chi connectivity index (χ4n) is 2.84. The van der Waals surface area contributed by atoms with Gasteiger partial charge < -0.3 is 4.42 Å². The number of furan rings is 1. The fraction of sp³-hybridized carbons (Fsp3) is 0.444. The molecule has 2 aromatic rings. The third-order valence-electron chi connectivity index (χ3n) is 3.78. The number of fused-ring (bicyclic) bond motifs is 1. The Labute approximate surface area is 122 Å². The molecule has 2 heterocycles. The van der Waals surface area contributed by atoms with Gasteiger partial charge in [0.25, 0.3) is 0 Å². The lowest BCUT2D eigenvalue weighted by Crippen LogP contribution is -2.30. The minimum absolute atomic E-state index is 0.919. The number of rotatable bonds is 3. The molecule has 0 aliphatic carbocycles. The Bertz CT molecular complexity index is 516. The Morgan fingerprint density at radius 3 is 2.70 bits per heavy atom. The van der Waals surface area contributed by atoms with Crippen molar-refractivity contribution in [3.05, 3.63) is 59.0 Å². The predicted octanol–water partition coefficient (Wildman–Crippen LogP) is 4.43. The lowest BCUT2D eigenvalue weighted by atomic mass is 9.93. The highest BCUT2D eigenvalue weighted by Crippen LogP contribution is 2.24. The van der Waals surface area contributed by atoms with Gasteiger partial charge in [0.1, 0.15) is 5.76 Å². The molecular formula is C18H25NO. The van der Waals surface area contributed by atoms with Gasteiger partial charge in [-0.05, 0) is 41.7 Å². The van der Waals surface area contributed by atoms with E-state index in [9.17, 15) is 0 Å². The molecule has 2 nitrogen and oxygen atoms in total. The van der Waals surface area contributed by atoms with Crippen molar-refractivity contribution >= 4 is 0 Å². The molecule has 108 valence electrons. The Kier molecular flexibility index (Phi) is 5.42. The molecule has 0 fully saturated rings. The first-order valence-electron chi connectivity index (χ1n) is 7.71. The van der Waals surface area contributed by atoms with Gasteiger partial charge >= 0.3 is 0 Å². The Morgan fingerprint density at radius 1 is 1.15 bits per heavy atom. The minimum atomic E-state index is 0.919. The van der Waals surface area contributed by atoms with Crippen LogP contribution in [0.4, 0.5) is 0 Å². The van der Waals surface area contributed by atoms with Crippen molar-refractivity contribution in [2.75, 3.05) is 6.54 Å². The lowest BCUT2D eigenvalue weighted by molar-refractivity contribution is 0.225. The standard InChI is InChI=1S/C16H19NO.C2H6/c1-2-13-5-3-6-14-11-17(9-8-16(13)14)12-15-7-4-10-18-15;1-2/h3-7,10H,2,8-9,11-12H2,1H3;1-2H3. The molecule has 0 unspecified atom stereocenters. The largest absolute Gasteiger partial charge is 0.468 e. The number of nitrogens with zero attached hydrogens (tertiary/aromatic N) is 1. The Morgan fingerprint density at radius 2 is 2.00 bits per heavy atom. The van der Waals surface area contributed by atoms with E-state index >= 15 is 0 Å². The third kappa shape index (κ3) is 3.31. The highest BCUT2D eigenvalue weighted by molar-refractivity contribution is 5.37. The van der Waals surface area contributed by atoms with Crippen molar-refractivity contribution in [3.8, 4) is 0 Å². The van der Waals surface area contributed by atoms with Gasteiger partial charge in [-0.1, -0.05) is 39.0 Å². The van der Waals surface area contributed by atoms with E-state index in [-0.39, 0.29) is 0 Å². The average molecular weight is 271 g/mol. The zero-order valence-corrected chi connectivity index (χ0v) is 12.9. The highest BCUT2D eigenvalue weighted by Gasteiger charge is 2.18. The van der Waals surface area contributed by atoms with Gasteiger partial charge in [0, 0.05) is 13.1 Å². The van der Waals surface area contributed by atoms with Crippen molar-refractivity contribution in [2.45, 2.75) is 46.7 Å². The normalized spacial score (nSPS) is 14.3. The summed E-state index contributed by atoms with van der Waals surface area (Å²) >= 11 is 0. The van der Waals surface area contributed by atoms with Crippen LogP contribution >= 0.6 is 0 Å². The Hall–Kier alpha value is -1.54. The number of aryl methyl sites for hydroxylation is 1. The molecule has 1 aliphatic heterocycles. The molecule has 0 saturated heterocycles. The van der Waals surface area contributed by atoms with E-state index in [1.54, 1.807) is 11.8 Å². The molecule has 3 rings (SSSR count). The molecule has 2 heteroatoms. The molecule has 20 heavy (non-hydrogen) atoms. The van der Waals surface area contributed by atoms with E-state index < -0.39 is 0 Å². The number of hydrogen-bond acceptors (Lipinski definition) is 2. The second-order valence-electron chi connectivity index (χ2n) is 4.95. The van der Waals surface area contributed by atoms with E-state index in [0.29, 0.717) is 0 Å². The minimum Gasteiger partial charge on any atom is -0.468 e. The summed E-state index contributed by atoms with van der Waals surface area (Å²) in [5.74, 6) is 1.06. The Balaban J connectivity index is 0.000000704. The fourth-order valence-corrected chi connectivity index (χ4v) is 2.84. The maximum absolute atomic E-state index is 5.43. The summed E-state index contributed by atoms with van der Waals surface area (Å²) in [6.07, 6.45) is 4.06. The molecule has 1 aromatic carbocycles. The first kappa shape index (κ1) is 14.9. The van der Waals surface area contributed by atoms with Gasteiger partial charge in [0.15, 0.2) is 0 Å². The van der Waals surface area contributed by atoms with Gasteiger partial charge in [-0.25, -0.2) is 0 Å². The van der Waals surface area contributed by atoms with Crippen molar-refractivity contribution in [1.29, 1.82) is 0 Å². The zero-order valence-electron chi connectivity index (χ0n) is 12.9. The maximum atomic E-state index is 5.43. The second kappa shape index (κ2) is 7.30. The summed E-state index contributed by atoms with van der Waals surface area (Å²) in [7, 11) is 0. The van der Waals surface area contributed by atoms with Crippen LogP contribution < -0.4 is 0 Å². The van der Waals surface area contributed by atoms with Crippen LogP contribution in [-0.2, 0) is 25.9 Å². The molecule has 0 N–H and O–H groups in total. The van der Waals surface area contributed by atoms with Gasteiger partial charge in [-0.2, -0.15) is 0 Å². The van der Waals surface area contributed by atoms with Crippen LogP contribution in [0, 0.1) is 0 Å². The number of hydrogen-bond donors (Lipinski definition) is 0. The van der Waals surface area contributed by atoms with E-state index in [4.69, 9.17) is 4.42 Å². The smallest absolute Gasteiger partial charge is 0.117 e. The summed E-state index contributed by atoms with van der Waals surface area (Å²) in [6, 6.07) is 10.7. The highest BCUT2D eigenvalue weighted by atomic mass is 16.3. The van der Waals surface area contributed by atoms with Gasteiger partial charge in [-0.3, -0.25) is 4.90 Å². The van der Waals surface area contributed by atoms with E-state index in [2.05, 4.69) is 36.1 Å². The first-order chi connectivity index (χ1) is 9.86. The summed E-state index contributed by atoms with van der Waals surface area (Å²) in [5.41, 5.74) is 4.59. The third-order valence-corrected chi connectivity index (χ3v) is 3.78. The van der Waals surface area contributed by atoms with Crippen LogP contribution in [0.25, 0.3) is 0 Å². The quantitative estimate of drug-likeness (QED) is 0.821. The van der Waals surface area contributed by atoms with Crippen LogP contribution in [0.5, 0.6) is 0 Å². The molecule has 0 bridgehead atoms. The first-order valence-corrected chi connectivity index (χ1v) is 7.71.